The van der Waals surface area contributed by atoms with E-state index in [2.05, 4.69) is 11.9 Å². The Bertz CT molecular complexity index is 819. The molecule has 0 aromatic carbocycles. The Hall–Kier alpha value is -1.73. The monoisotopic (exact) mass is 363 g/mol. The molecule has 7 heteroatoms. The van der Waals surface area contributed by atoms with Crippen molar-refractivity contribution in [2.75, 3.05) is 26.3 Å². The molecule has 0 aliphatic carbocycles. The maximum Gasteiger partial charge on any atom is 0.264 e. The number of hydrogen-bond donors (Lipinski definition) is 0. The molecule has 0 atom stereocenters. The van der Waals surface area contributed by atoms with E-state index in [1.165, 1.54) is 11.3 Å². The number of carbonyl (C=O) groups excluding carboxylic acids is 1. The van der Waals surface area contributed by atoms with E-state index in [1.54, 1.807) is 10.9 Å². The number of hydrogen-bond acceptors (Lipinski definition) is 5. The summed E-state index contributed by atoms with van der Waals surface area (Å²) in [5.74, 6) is 0.708. The number of thiophene rings is 1. The molecule has 1 aliphatic heterocycles. The van der Waals surface area contributed by atoms with Crippen LogP contribution in [0.25, 0.3) is 10.2 Å². The lowest BCUT2D eigenvalue weighted by atomic mass is 9.99. The standard InChI is InChI=1S/C18H25N3O3S/c1-4-24-10-9-21-11-19-16-14(17(21)22)13(3)15(25-16)18(23)20-7-5-12(2)6-8-20/h11-12H,4-10H2,1-3H3. The first kappa shape index (κ1) is 18.1. The minimum absolute atomic E-state index is 0.0349. The predicted molar refractivity (Wildman–Crippen MR) is 99.4 cm³/mol. The quantitative estimate of drug-likeness (QED) is 0.766. The fraction of sp³-hybridized carbons (Fsp3) is 0.611. The minimum Gasteiger partial charge on any atom is -0.380 e. The van der Waals surface area contributed by atoms with E-state index in [0.717, 1.165) is 31.5 Å². The van der Waals surface area contributed by atoms with Crippen LogP contribution in [0.3, 0.4) is 0 Å². The van der Waals surface area contributed by atoms with Crippen molar-refractivity contribution in [1.82, 2.24) is 14.5 Å². The number of amides is 1. The van der Waals surface area contributed by atoms with E-state index in [0.29, 0.717) is 40.8 Å². The van der Waals surface area contributed by atoms with Crippen LogP contribution >= 0.6 is 11.3 Å². The number of ether oxygens (including phenoxy) is 1. The van der Waals surface area contributed by atoms with Crippen molar-refractivity contribution in [2.24, 2.45) is 5.92 Å². The number of rotatable bonds is 5. The number of carbonyl (C=O) groups is 1. The van der Waals surface area contributed by atoms with Crippen molar-refractivity contribution in [3.8, 4) is 0 Å². The molecular formula is C18H25N3O3S. The van der Waals surface area contributed by atoms with E-state index >= 15 is 0 Å². The van der Waals surface area contributed by atoms with E-state index in [4.69, 9.17) is 4.74 Å². The molecule has 0 bridgehead atoms. The molecule has 3 rings (SSSR count). The van der Waals surface area contributed by atoms with Crippen LogP contribution in [0.2, 0.25) is 0 Å². The Morgan fingerprint density at radius 3 is 2.80 bits per heavy atom. The second-order valence-corrected chi connectivity index (χ2v) is 7.65. The van der Waals surface area contributed by atoms with Gasteiger partial charge in [-0.15, -0.1) is 11.3 Å². The first-order chi connectivity index (χ1) is 12.0. The Morgan fingerprint density at radius 1 is 1.40 bits per heavy atom. The summed E-state index contributed by atoms with van der Waals surface area (Å²) in [7, 11) is 0. The van der Waals surface area contributed by atoms with Crippen LogP contribution in [-0.2, 0) is 11.3 Å². The molecule has 0 spiro atoms. The Morgan fingerprint density at radius 2 is 2.12 bits per heavy atom. The third kappa shape index (κ3) is 3.62. The van der Waals surface area contributed by atoms with Crippen LogP contribution < -0.4 is 5.56 Å². The van der Waals surface area contributed by atoms with Crippen LogP contribution in [0.4, 0.5) is 0 Å². The van der Waals surface area contributed by atoms with Crippen LogP contribution in [0.5, 0.6) is 0 Å². The fourth-order valence-corrected chi connectivity index (χ4v) is 4.29. The molecule has 2 aromatic rings. The van der Waals surface area contributed by atoms with Crippen molar-refractivity contribution in [1.29, 1.82) is 0 Å². The van der Waals surface area contributed by atoms with Crippen LogP contribution in [-0.4, -0.2) is 46.7 Å². The molecule has 0 unspecified atom stereocenters. The molecule has 0 N–H and O–H groups in total. The molecule has 136 valence electrons. The van der Waals surface area contributed by atoms with Gasteiger partial charge in [0.1, 0.15) is 4.83 Å². The van der Waals surface area contributed by atoms with Gasteiger partial charge < -0.3 is 9.64 Å². The summed E-state index contributed by atoms with van der Waals surface area (Å²) in [5.41, 5.74) is 0.664. The number of piperidine rings is 1. The zero-order valence-corrected chi connectivity index (χ0v) is 15.9. The molecule has 0 saturated carbocycles. The fourth-order valence-electron chi connectivity index (χ4n) is 3.18. The van der Waals surface area contributed by atoms with Gasteiger partial charge in [0.15, 0.2) is 0 Å². The molecule has 6 nitrogen and oxygen atoms in total. The smallest absolute Gasteiger partial charge is 0.264 e. The Balaban J connectivity index is 1.90. The summed E-state index contributed by atoms with van der Waals surface area (Å²) < 4.78 is 6.88. The van der Waals surface area contributed by atoms with Crippen molar-refractivity contribution in [3.05, 3.63) is 27.1 Å². The zero-order chi connectivity index (χ0) is 18.0. The highest BCUT2D eigenvalue weighted by molar-refractivity contribution is 7.20. The summed E-state index contributed by atoms with van der Waals surface area (Å²) >= 11 is 1.33. The molecule has 1 aliphatic rings. The van der Waals surface area contributed by atoms with Crippen LogP contribution in [0.15, 0.2) is 11.1 Å². The van der Waals surface area contributed by atoms with E-state index in [-0.39, 0.29) is 11.5 Å². The average molecular weight is 363 g/mol. The van der Waals surface area contributed by atoms with Gasteiger partial charge in [-0.1, -0.05) is 6.92 Å². The first-order valence-corrected chi connectivity index (χ1v) is 9.70. The summed E-state index contributed by atoms with van der Waals surface area (Å²) in [6.45, 7) is 9.15. The SMILES string of the molecule is CCOCCn1cnc2sc(C(=O)N3CCC(C)CC3)c(C)c2c1=O. The Labute approximate surface area is 151 Å². The lowest BCUT2D eigenvalue weighted by Crippen LogP contribution is -2.37. The normalized spacial score (nSPS) is 15.9. The van der Waals surface area contributed by atoms with Gasteiger partial charge in [-0.3, -0.25) is 14.2 Å². The largest absolute Gasteiger partial charge is 0.380 e. The summed E-state index contributed by atoms with van der Waals surface area (Å²) in [6.07, 6.45) is 3.63. The highest BCUT2D eigenvalue weighted by atomic mass is 32.1. The minimum atomic E-state index is -0.0928. The molecular weight excluding hydrogens is 338 g/mol. The molecule has 2 aromatic heterocycles. The topological polar surface area (TPSA) is 64.4 Å². The number of likely N-dealkylation sites (tertiary alicyclic amines) is 1. The second-order valence-electron chi connectivity index (χ2n) is 6.65. The highest BCUT2D eigenvalue weighted by Gasteiger charge is 2.26. The van der Waals surface area contributed by atoms with Crippen molar-refractivity contribution in [2.45, 2.75) is 40.2 Å². The maximum absolute atomic E-state index is 12.9. The summed E-state index contributed by atoms with van der Waals surface area (Å²) in [6, 6.07) is 0. The molecule has 1 saturated heterocycles. The van der Waals surface area contributed by atoms with E-state index in [9.17, 15) is 9.59 Å². The summed E-state index contributed by atoms with van der Waals surface area (Å²) in [4.78, 5) is 33.2. The average Bonchev–Trinajstić information content (AvgIpc) is 2.94. The van der Waals surface area contributed by atoms with Gasteiger partial charge in [-0.05, 0) is 38.2 Å². The molecule has 1 fully saturated rings. The molecule has 3 heterocycles. The second kappa shape index (κ2) is 7.66. The number of aryl methyl sites for hydroxylation is 1. The first-order valence-electron chi connectivity index (χ1n) is 8.88. The van der Waals surface area contributed by atoms with E-state index in [1.807, 2.05) is 18.7 Å². The van der Waals surface area contributed by atoms with Crippen molar-refractivity contribution in [3.63, 3.8) is 0 Å². The van der Waals surface area contributed by atoms with Gasteiger partial charge in [0.25, 0.3) is 11.5 Å². The third-order valence-electron chi connectivity index (χ3n) is 4.86. The molecule has 25 heavy (non-hydrogen) atoms. The van der Waals surface area contributed by atoms with Gasteiger partial charge in [0, 0.05) is 19.7 Å². The Kier molecular flexibility index (Phi) is 5.54. The van der Waals surface area contributed by atoms with Gasteiger partial charge in [0.2, 0.25) is 0 Å². The van der Waals surface area contributed by atoms with Gasteiger partial charge >= 0.3 is 0 Å². The van der Waals surface area contributed by atoms with Gasteiger partial charge in [-0.25, -0.2) is 4.98 Å². The molecule has 0 radical (unpaired) electrons. The predicted octanol–water partition coefficient (Wildman–Crippen LogP) is 2.68. The van der Waals surface area contributed by atoms with Crippen molar-refractivity contribution < 1.29 is 9.53 Å². The van der Waals surface area contributed by atoms with Gasteiger partial charge in [-0.2, -0.15) is 0 Å². The van der Waals surface area contributed by atoms with Crippen LogP contribution in [0.1, 0.15) is 41.9 Å². The number of fused-ring (bicyclic) bond motifs is 1. The van der Waals surface area contributed by atoms with Crippen molar-refractivity contribution >= 4 is 27.5 Å². The number of aromatic nitrogens is 2. The highest BCUT2D eigenvalue weighted by Crippen LogP contribution is 2.29. The zero-order valence-electron chi connectivity index (χ0n) is 15.1. The number of nitrogens with zero attached hydrogens (tertiary/aromatic N) is 3. The van der Waals surface area contributed by atoms with E-state index < -0.39 is 0 Å². The van der Waals surface area contributed by atoms with Gasteiger partial charge in [0.05, 0.1) is 29.7 Å². The maximum atomic E-state index is 12.9. The molecule has 1 amide bonds. The lowest BCUT2D eigenvalue weighted by molar-refractivity contribution is 0.0701. The third-order valence-corrected chi connectivity index (χ3v) is 6.05. The van der Waals surface area contributed by atoms with Crippen LogP contribution in [0, 0.1) is 12.8 Å². The lowest BCUT2D eigenvalue weighted by Gasteiger charge is -2.30. The summed E-state index contributed by atoms with van der Waals surface area (Å²) in [5, 5.41) is 0.567.